The van der Waals surface area contributed by atoms with Crippen molar-refractivity contribution in [3.8, 4) is 0 Å². The molecule has 1 fully saturated rings. The molecule has 0 radical (unpaired) electrons. The van der Waals surface area contributed by atoms with E-state index in [0.717, 1.165) is 16.3 Å². The van der Waals surface area contributed by atoms with Gasteiger partial charge in [-0.05, 0) is 40.3 Å². The summed E-state index contributed by atoms with van der Waals surface area (Å²) in [5.74, 6) is -2.01. The topological polar surface area (TPSA) is 125 Å². The van der Waals surface area contributed by atoms with E-state index in [2.05, 4.69) is 10.6 Å². The Bertz CT molecular complexity index is 1190. The highest BCUT2D eigenvalue weighted by molar-refractivity contribution is 6.43. The SMILES string of the molecule is CC(C)CC(NC(=O)[C@@H]1N[C@H](c2ccc3ccccc3c2)[C@@H]([N+](=O)[O-])[C@@H]1c1ccccc1)B(O)O. The van der Waals surface area contributed by atoms with Gasteiger partial charge in [0.25, 0.3) is 0 Å². The number of nitrogens with one attached hydrogen (secondary N) is 2. The van der Waals surface area contributed by atoms with Crippen molar-refractivity contribution in [3.05, 3.63) is 94.0 Å². The summed E-state index contributed by atoms with van der Waals surface area (Å²) < 4.78 is 0. The molecule has 0 aromatic heterocycles. The van der Waals surface area contributed by atoms with E-state index in [4.69, 9.17) is 0 Å². The Labute approximate surface area is 204 Å². The Balaban J connectivity index is 1.73. The molecular formula is C26H30BN3O5. The van der Waals surface area contributed by atoms with Gasteiger partial charge in [-0.15, -0.1) is 0 Å². The molecule has 35 heavy (non-hydrogen) atoms. The second kappa shape index (κ2) is 10.6. The minimum Gasteiger partial charge on any atom is -0.426 e. The van der Waals surface area contributed by atoms with Crippen LogP contribution in [0.4, 0.5) is 0 Å². The van der Waals surface area contributed by atoms with Gasteiger partial charge in [-0.3, -0.25) is 20.2 Å². The normalized spacial score (nSPS) is 22.8. The summed E-state index contributed by atoms with van der Waals surface area (Å²) in [5.41, 5.74) is 1.40. The molecule has 1 heterocycles. The van der Waals surface area contributed by atoms with Crippen molar-refractivity contribution in [1.82, 2.24) is 10.6 Å². The van der Waals surface area contributed by atoms with Gasteiger partial charge in [0.05, 0.1) is 11.9 Å². The molecule has 0 aliphatic carbocycles. The van der Waals surface area contributed by atoms with Crippen LogP contribution in [0.25, 0.3) is 10.8 Å². The Kier molecular flexibility index (Phi) is 7.49. The predicted molar refractivity (Wildman–Crippen MR) is 135 cm³/mol. The largest absolute Gasteiger partial charge is 0.475 e. The van der Waals surface area contributed by atoms with E-state index in [9.17, 15) is 25.0 Å². The molecule has 0 bridgehead atoms. The summed E-state index contributed by atoms with van der Waals surface area (Å²) >= 11 is 0. The van der Waals surface area contributed by atoms with Crippen LogP contribution in [-0.2, 0) is 4.79 Å². The quantitative estimate of drug-likeness (QED) is 0.226. The third-order valence-electron chi connectivity index (χ3n) is 6.68. The van der Waals surface area contributed by atoms with E-state index in [1.165, 1.54) is 0 Å². The number of rotatable bonds is 8. The van der Waals surface area contributed by atoms with Gasteiger partial charge in [-0.2, -0.15) is 0 Å². The maximum Gasteiger partial charge on any atom is 0.475 e. The van der Waals surface area contributed by atoms with Gasteiger partial charge in [0.15, 0.2) is 0 Å². The van der Waals surface area contributed by atoms with Crippen LogP contribution >= 0.6 is 0 Å². The smallest absolute Gasteiger partial charge is 0.426 e. The molecule has 0 saturated carbocycles. The highest BCUT2D eigenvalue weighted by Gasteiger charge is 2.54. The van der Waals surface area contributed by atoms with Gasteiger partial charge in [0.1, 0.15) is 12.1 Å². The fourth-order valence-corrected chi connectivity index (χ4v) is 5.09. The number of carbonyl (C=O) groups excluding carboxylic acids is 1. The van der Waals surface area contributed by atoms with Crippen molar-refractivity contribution in [3.63, 3.8) is 0 Å². The van der Waals surface area contributed by atoms with Gasteiger partial charge >= 0.3 is 7.12 Å². The van der Waals surface area contributed by atoms with Crippen LogP contribution < -0.4 is 10.6 Å². The van der Waals surface area contributed by atoms with Crippen molar-refractivity contribution in [2.45, 2.75) is 50.3 Å². The average molecular weight is 475 g/mol. The number of nitrogens with zero attached hydrogens (tertiary/aromatic N) is 1. The molecule has 4 rings (SSSR count). The Morgan fingerprint density at radius 1 is 1.03 bits per heavy atom. The fraction of sp³-hybridized carbons (Fsp3) is 0.346. The third-order valence-corrected chi connectivity index (χ3v) is 6.68. The minimum atomic E-state index is -1.74. The summed E-state index contributed by atoms with van der Waals surface area (Å²) in [7, 11) is -1.74. The molecule has 4 N–H and O–H groups in total. The van der Waals surface area contributed by atoms with E-state index in [-0.39, 0.29) is 10.8 Å². The first-order valence-electron chi connectivity index (χ1n) is 11.9. The second-order valence-electron chi connectivity index (χ2n) is 9.60. The highest BCUT2D eigenvalue weighted by atomic mass is 16.6. The van der Waals surface area contributed by atoms with E-state index < -0.39 is 43.0 Å². The number of hydrogen-bond donors (Lipinski definition) is 4. The van der Waals surface area contributed by atoms with Crippen LogP contribution in [0.1, 0.15) is 43.4 Å². The van der Waals surface area contributed by atoms with Crippen LogP contribution in [0.3, 0.4) is 0 Å². The van der Waals surface area contributed by atoms with Crippen LogP contribution in [0.15, 0.2) is 72.8 Å². The zero-order valence-corrected chi connectivity index (χ0v) is 19.7. The molecule has 0 spiro atoms. The van der Waals surface area contributed by atoms with Gasteiger partial charge in [-0.25, -0.2) is 0 Å². The van der Waals surface area contributed by atoms with Gasteiger partial charge in [-0.1, -0.05) is 80.6 Å². The van der Waals surface area contributed by atoms with Crippen molar-refractivity contribution in [2.24, 2.45) is 5.92 Å². The summed E-state index contributed by atoms with van der Waals surface area (Å²) in [4.78, 5) is 25.6. The van der Waals surface area contributed by atoms with Crippen molar-refractivity contribution >= 4 is 23.8 Å². The standard InChI is InChI=1S/C26H30BN3O5/c1-16(2)14-21(27(32)33)28-26(31)24-22(18-9-4-3-5-10-18)25(30(34)35)23(29-24)20-13-12-17-8-6-7-11-19(17)15-20/h3-13,15-16,21-25,29,32-33H,14H2,1-2H3,(H,28,31)/t21?,22-,23-,24-,25+/m1/s1. The predicted octanol–water partition coefficient (Wildman–Crippen LogP) is 2.82. The zero-order valence-electron chi connectivity index (χ0n) is 19.7. The molecule has 5 atom stereocenters. The number of hydrogen-bond acceptors (Lipinski definition) is 6. The first kappa shape index (κ1) is 24.8. The monoisotopic (exact) mass is 475 g/mol. The lowest BCUT2D eigenvalue weighted by Gasteiger charge is -2.24. The van der Waals surface area contributed by atoms with Gasteiger partial charge in [0.2, 0.25) is 11.9 Å². The van der Waals surface area contributed by atoms with Crippen LogP contribution in [-0.4, -0.2) is 46.0 Å². The van der Waals surface area contributed by atoms with Gasteiger partial charge in [0, 0.05) is 4.92 Å². The van der Waals surface area contributed by atoms with Crippen molar-refractivity contribution in [1.29, 1.82) is 0 Å². The van der Waals surface area contributed by atoms with Crippen molar-refractivity contribution in [2.75, 3.05) is 0 Å². The first-order chi connectivity index (χ1) is 16.8. The second-order valence-corrected chi connectivity index (χ2v) is 9.60. The Morgan fingerprint density at radius 2 is 1.69 bits per heavy atom. The number of fused-ring (bicyclic) bond motifs is 1. The van der Waals surface area contributed by atoms with Crippen LogP contribution in [0, 0.1) is 16.0 Å². The highest BCUT2D eigenvalue weighted by Crippen LogP contribution is 2.41. The molecule has 8 nitrogen and oxygen atoms in total. The molecular weight excluding hydrogens is 445 g/mol. The summed E-state index contributed by atoms with van der Waals surface area (Å²) in [6.45, 7) is 3.83. The summed E-state index contributed by atoms with van der Waals surface area (Å²) in [6.07, 6.45) is 0.360. The summed E-state index contributed by atoms with van der Waals surface area (Å²) in [6, 6.07) is 19.7. The van der Waals surface area contributed by atoms with E-state index in [1.807, 2.05) is 62.4 Å². The van der Waals surface area contributed by atoms with Gasteiger partial charge < -0.3 is 15.4 Å². The number of nitro groups is 1. The first-order valence-corrected chi connectivity index (χ1v) is 11.9. The molecule has 1 unspecified atom stereocenters. The molecule has 1 amide bonds. The molecule has 1 aliphatic heterocycles. The number of carbonyl (C=O) groups is 1. The lowest BCUT2D eigenvalue weighted by atomic mass is 9.74. The average Bonchev–Trinajstić information content (AvgIpc) is 3.25. The van der Waals surface area contributed by atoms with E-state index >= 15 is 0 Å². The van der Waals surface area contributed by atoms with Crippen LogP contribution in [0.5, 0.6) is 0 Å². The molecule has 3 aromatic carbocycles. The molecule has 182 valence electrons. The van der Waals surface area contributed by atoms with Crippen molar-refractivity contribution < 1.29 is 19.8 Å². The molecule has 9 heteroatoms. The lowest BCUT2D eigenvalue weighted by molar-refractivity contribution is -0.527. The number of amides is 1. The Morgan fingerprint density at radius 3 is 2.31 bits per heavy atom. The van der Waals surface area contributed by atoms with E-state index in [0.29, 0.717) is 12.0 Å². The fourth-order valence-electron chi connectivity index (χ4n) is 5.09. The number of benzene rings is 3. The zero-order chi connectivity index (χ0) is 25.1. The summed E-state index contributed by atoms with van der Waals surface area (Å²) in [5, 5.41) is 40.0. The lowest BCUT2D eigenvalue weighted by Crippen LogP contribution is -2.53. The molecule has 1 aliphatic rings. The molecule has 3 aromatic rings. The van der Waals surface area contributed by atoms with Crippen LogP contribution in [0.2, 0.25) is 0 Å². The minimum absolute atomic E-state index is 0.112. The maximum atomic E-state index is 13.5. The third kappa shape index (κ3) is 5.37. The van der Waals surface area contributed by atoms with E-state index in [1.54, 1.807) is 24.3 Å². The molecule has 1 saturated heterocycles. The maximum absolute atomic E-state index is 13.5. The Hall–Kier alpha value is -3.27.